The van der Waals surface area contributed by atoms with Gasteiger partial charge in [-0.25, -0.2) is 4.98 Å². The van der Waals surface area contributed by atoms with E-state index in [1.165, 1.54) is 6.20 Å². The Morgan fingerprint density at radius 3 is 2.48 bits per heavy atom. The standard InChI is InChI=1S/C23H31ClN8O/c1-6-12-32(13-7-2)23-27-18(8-3)26-21(30-23)29-22-25-14-17(31(22)5)20(33)28-19-15(4)10-9-11-16(19)24/h9-11,14H,6-8,12-13H2,1-5H3,(H,28,33)(H,25,26,27,29,30). The number of amides is 1. The molecule has 3 aromatic rings. The Hall–Kier alpha value is -3.20. The molecular formula is C23H31ClN8O. The largest absolute Gasteiger partial charge is 0.341 e. The zero-order valence-corrected chi connectivity index (χ0v) is 20.6. The molecule has 0 aliphatic rings. The van der Waals surface area contributed by atoms with Gasteiger partial charge in [0.25, 0.3) is 5.91 Å². The van der Waals surface area contributed by atoms with Crippen LogP contribution in [0.15, 0.2) is 24.4 Å². The quantitative estimate of drug-likeness (QED) is 0.440. The maximum Gasteiger partial charge on any atom is 0.274 e. The predicted octanol–water partition coefficient (Wildman–Crippen LogP) is 4.75. The molecule has 0 saturated carbocycles. The van der Waals surface area contributed by atoms with Gasteiger partial charge in [-0.05, 0) is 31.4 Å². The molecule has 0 radical (unpaired) electrons. The summed E-state index contributed by atoms with van der Waals surface area (Å²) < 4.78 is 1.66. The zero-order chi connectivity index (χ0) is 24.0. The number of imidazole rings is 1. The Bertz CT molecular complexity index is 1090. The number of nitrogens with one attached hydrogen (secondary N) is 2. The van der Waals surface area contributed by atoms with E-state index in [1.807, 2.05) is 26.0 Å². The van der Waals surface area contributed by atoms with Crippen molar-refractivity contribution in [2.75, 3.05) is 28.6 Å². The van der Waals surface area contributed by atoms with Crippen LogP contribution in [0.25, 0.3) is 0 Å². The monoisotopic (exact) mass is 470 g/mol. The molecular weight excluding hydrogens is 440 g/mol. The molecule has 3 rings (SSSR count). The van der Waals surface area contributed by atoms with Crippen LogP contribution in [0.3, 0.4) is 0 Å². The Morgan fingerprint density at radius 1 is 1.12 bits per heavy atom. The van der Waals surface area contributed by atoms with Crippen LogP contribution in [0.5, 0.6) is 0 Å². The van der Waals surface area contributed by atoms with Gasteiger partial charge in [0.15, 0.2) is 0 Å². The van der Waals surface area contributed by atoms with Crippen LogP contribution in [-0.4, -0.2) is 43.5 Å². The first-order valence-electron chi connectivity index (χ1n) is 11.2. The minimum atomic E-state index is -0.308. The van der Waals surface area contributed by atoms with Gasteiger partial charge in [0.1, 0.15) is 11.5 Å². The fourth-order valence-electron chi connectivity index (χ4n) is 3.42. The third-order valence-corrected chi connectivity index (χ3v) is 5.48. The summed E-state index contributed by atoms with van der Waals surface area (Å²) in [5.74, 6) is 1.89. The average Bonchev–Trinajstić information content (AvgIpc) is 3.16. The maximum absolute atomic E-state index is 12.9. The molecule has 0 unspecified atom stereocenters. The predicted molar refractivity (Wildman–Crippen MR) is 133 cm³/mol. The normalized spacial score (nSPS) is 10.8. The molecule has 10 heteroatoms. The van der Waals surface area contributed by atoms with Crippen molar-refractivity contribution in [3.8, 4) is 0 Å². The zero-order valence-electron chi connectivity index (χ0n) is 19.8. The van der Waals surface area contributed by atoms with Crippen LogP contribution in [0.4, 0.5) is 23.5 Å². The molecule has 2 N–H and O–H groups in total. The number of benzene rings is 1. The van der Waals surface area contributed by atoms with Crippen molar-refractivity contribution in [1.29, 1.82) is 0 Å². The number of carbonyl (C=O) groups excluding carboxylic acids is 1. The third kappa shape index (κ3) is 5.78. The summed E-state index contributed by atoms with van der Waals surface area (Å²) in [7, 11) is 1.76. The van der Waals surface area contributed by atoms with Crippen molar-refractivity contribution in [3.05, 3.63) is 46.5 Å². The summed E-state index contributed by atoms with van der Waals surface area (Å²) in [5, 5.41) is 6.50. The first kappa shape index (κ1) is 24.4. The molecule has 2 aromatic heterocycles. The van der Waals surface area contributed by atoms with Gasteiger partial charge in [0.05, 0.1) is 16.9 Å². The van der Waals surface area contributed by atoms with E-state index >= 15 is 0 Å². The summed E-state index contributed by atoms with van der Waals surface area (Å²) in [4.78, 5) is 33.2. The first-order chi connectivity index (χ1) is 15.9. The molecule has 0 bridgehead atoms. The molecule has 0 spiro atoms. The van der Waals surface area contributed by atoms with Crippen molar-refractivity contribution in [2.24, 2.45) is 7.05 Å². The number of nitrogens with zero attached hydrogens (tertiary/aromatic N) is 6. The molecule has 176 valence electrons. The molecule has 0 aliphatic carbocycles. The van der Waals surface area contributed by atoms with E-state index in [4.69, 9.17) is 11.6 Å². The van der Waals surface area contributed by atoms with E-state index in [0.717, 1.165) is 31.5 Å². The lowest BCUT2D eigenvalue weighted by molar-refractivity contribution is 0.101. The summed E-state index contributed by atoms with van der Waals surface area (Å²) in [6.45, 7) is 9.90. The molecule has 9 nitrogen and oxygen atoms in total. The number of rotatable bonds is 10. The molecule has 1 aromatic carbocycles. The Labute approximate surface area is 199 Å². The second-order valence-corrected chi connectivity index (χ2v) is 8.16. The van der Waals surface area contributed by atoms with Crippen molar-refractivity contribution >= 4 is 41.0 Å². The van der Waals surface area contributed by atoms with E-state index < -0.39 is 0 Å². The lowest BCUT2D eigenvalue weighted by atomic mass is 10.2. The van der Waals surface area contributed by atoms with E-state index in [-0.39, 0.29) is 5.91 Å². The highest BCUT2D eigenvalue weighted by atomic mass is 35.5. The minimum Gasteiger partial charge on any atom is -0.341 e. The highest BCUT2D eigenvalue weighted by Gasteiger charge is 2.18. The smallest absolute Gasteiger partial charge is 0.274 e. The van der Waals surface area contributed by atoms with Gasteiger partial charge in [-0.15, -0.1) is 0 Å². The molecule has 2 heterocycles. The van der Waals surface area contributed by atoms with Crippen molar-refractivity contribution in [2.45, 2.75) is 47.0 Å². The fraction of sp³-hybridized carbons (Fsp3) is 0.435. The third-order valence-electron chi connectivity index (χ3n) is 5.16. The van der Waals surface area contributed by atoms with Crippen LogP contribution in [0.2, 0.25) is 5.02 Å². The van der Waals surface area contributed by atoms with Crippen molar-refractivity contribution < 1.29 is 4.79 Å². The van der Waals surface area contributed by atoms with E-state index in [9.17, 15) is 4.79 Å². The summed E-state index contributed by atoms with van der Waals surface area (Å²) >= 11 is 6.25. The number of anilines is 4. The van der Waals surface area contributed by atoms with Gasteiger partial charge in [-0.2, -0.15) is 15.0 Å². The van der Waals surface area contributed by atoms with Crippen LogP contribution in [0.1, 0.15) is 55.5 Å². The van der Waals surface area contributed by atoms with Gasteiger partial charge >= 0.3 is 0 Å². The Kier molecular flexibility index (Phi) is 8.21. The van der Waals surface area contributed by atoms with Crippen LogP contribution in [0, 0.1) is 6.92 Å². The van der Waals surface area contributed by atoms with Gasteiger partial charge < -0.3 is 14.8 Å². The van der Waals surface area contributed by atoms with Crippen LogP contribution in [-0.2, 0) is 13.5 Å². The summed E-state index contributed by atoms with van der Waals surface area (Å²) in [6.07, 6.45) is 4.19. The topological polar surface area (TPSA) is 101 Å². The highest BCUT2D eigenvalue weighted by Crippen LogP contribution is 2.26. The average molecular weight is 471 g/mol. The Balaban J connectivity index is 1.85. The van der Waals surface area contributed by atoms with E-state index in [2.05, 4.69) is 49.3 Å². The summed E-state index contributed by atoms with van der Waals surface area (Å²) in [6, 6.07) is 5.47. The molecule has 33 heavy (non-hydrogen) atoms. The number of hydrogen-bond acceptors (Lipinski definition) is 7. The lowest BCUT2D eigenvalue weighted by Gasteiger charge is -2.22. The molecule has 0 atom stereocenters. The van der Waals surface area contributed by atoms with Gasteiger partial charge in [-0.3, -0.25) is 10.1 Å². The number of para-hydroxylation sites is 1. The molecule has 0 fully saturated rings. The van der Waals surface area contributed by atoms with E-state index in [1.54, 1.807) is 17.7 Å². The fourth-order valence-corrected chi connectivity index (χ4v) is 3.69. The number of aryl methyl sites for hydroxylation is 2. The number of hydrogen-bond donors (Lipinski definition) is 2. The molecule has 0 aliphatic heterocycles. The van der Waals surface area contributed by atoms with Crippen LogP contribution >= 0.6 is 11.6 Å². The van der Waals surface area contributed by atoms with Gasteiger partial charge in [0.2, 0.25) is 17.8 Å². The van der Waals surface area contributed by atoms with Crippen molar-refractivity contribution in [1.82, 2.24) is 24.5 Å². The Morgan fingerprint density at radius 2 is 1.85 bits per heavy atom. The SMILES string of the molecule is CCCN(CCC)c1nc(CC)nc(Nc2ncc(C(=O)Nc3c(C)cccc3Cl)n2C)n1. The number of halogens is 1. The minimum absolute atomic E-state index is 0.308. The molecule has 1 amide bonds. The first-order valence-corrected chi connectivity index (χ1v) is 11.6. The maximum atomic E-state index is 12.9. The second kappa shape index (κ2) is 11.1. The van der Waals surface area contributed by atoms with E-state index in [0.29, 0.717) is 46.5 Å². The van der Waals surface area contributed by atoms with Gasteiger partial charge in [0, 0.05) is 26.6 Å². The van der Waals surface area contributed by atoms with Crippen LogP contribution < -0.4 is 15.5 Å². The second-order valence-electron chi connectivity index (χ2n) is 7.75. The summed E-state index contributed by atoms with van der Waals surface area (Å²) in [5.41, 5.74) is 1.84. The number of aromatic nitrogens is 5. The van der Waals surface area contributed by atoms with Crippen molar-refractivity contribution in [3.63, 3.8) is 0 Å². The highest BCUT2D eigenvalue weighted by molar-refractivity contribution is 6.34. The van der Waals surface area contributed by atoms with Gasteiger partial charge in [-0.1, -0.05) is 44.5 Å². The lowest BCUT2D eigenvalue weighted by Crippen LogP contribution is -2.28. The molecule has 0 saturated heterocycles. The number of carbonyl (C=O) groups is 1.